The van der Waals surface area contributed by atoms with Crippen molar-refractivity contribution in [3.8, 4) is 0 Å². The third kappa shape index (κ3) is 4.10. The molecule has 0 atom stereocenters. The second-order valence-electron chi connectivity index (χ2n) is 8.40. The number of aryl methyl sites for hydroxylation is 1. The highest BCUT2D eigenvalue weighted by molar-refractivity contribution is 5.97. The lowest BCUT2D eigenvalue weighted by Crippen LogP contribution is -2.45. The smallest absolute Gasteiger partial charge is 0.276 e. The number of amides is 2. The van der Waals surface area contributed by atoms with Gasteiger partial charge in [0, 0.05) is 31.7 Å². The van der Waals surface area contributed by atoms with Crippen LogP contribution < -0.4 is 0 Å². The Hall–Kier alpha value is -3.27. The molecule has 168 valence electrons. The van der Waals surface area contributed by atoms with E-state index in [1.54, 1.807) is 19.1 Å². The van der Waals surface area contributed by atoms with Gasteiger partial charge < -0.3 is 19.0 Å². The first kappa shape index (κ1) is 20.6. The topological polar surface area (TPSA) is 117 Å². The number of aromatic nitrogens is 4. The van der Waals surface area contributed by atoms with E-state index < -0.39 is 0 Å². The molecule has 0 spiro atoms. The molecular formula is C22H26N6O4. The second-order valence-corrected chi connectivity index (χ2v) is 8.40. The number of nitrogens with one attached hydrogen (secondary N) is 1. The van der Waals surface area contributed by atoms with Crippen LogP contribution in [0.5, 0.6) is 0 Å². The van der Waals surface area contributed by atoms with Crippen molar-refractivity contribution in [2.24, 2.45) is 0 Å². The molecular weight excluding hydrogens is 412 g/mol. The van der Waals surface area contributed by atoms with E-state index >= 15 is 0 Å². The van der Waals surface area contributed by atoms with Crippen LogP contribution in [-0.4, -0.2) is 80.4 Å². The molecule has 0 aliphatic carbocycles. The number of hydrogen-bond acceptors (Lipinski definition) is 7. The molecule has 1 aromatic carbocycles. The zero-order chi connectivity index (χ0) is 22.1. The number of rotatable bonds is 4. The van der Waals surface area contributed by atoms with Gasteiger partial charge in [-0.05, 0) is 50.8 Å². The van der Waals surface area contributed by atoms with Crippen molar-refractivity contribution in [2.75, 3.05) is 26.2 Å². The number of H-pyrrole nitrogens is 1. The Morgan fingerprint density at radius 2 is 1.59 bits per heavy atom. The van der Waals surface area contributed by atoms with Crippen molar-refractivity contribution in [3.05, 3.63) is 41.6 Å². The quantitative estimate of drug-likeness (QED) is 0.663. The molecule has 10 nitrogen and oxygen atoms in total. The molecule has 0 saturated carbocycles. The number of benzene rings is 1. The second kappa shape index (κ2) is 8.70. The molecule has 2 amide bonds. The molecule has 10 heteroatoms. The zero-order valence-electron chi connectivity index (χ0n) is 18.0. The molecule has 4 heterocycles. The molecule has 1 N–H and O–H groups in total. The van der Waals surface area contributed by atoms with Gasteiger partial charge in [-0.2, -0.15) is 15.4 Å². The summed E-state index contributed by atoms with van der Waals surface area (Å²) in [7, 11) is 0. The largest absolute Gasteiger partial charge is 0.448 e. The number of nitrogens with zero attached hydrogens (tertiary/aromatic N) is 5. The minimum atomic E-state index is -0.0784. The van der Waals surface area contributed by atoms with Crippen LogP contribution in [0, 0.1) is 6.92 Å². The number of ether oxygens (including phenoxy) is 1. The number of likely N-dealkylation sites (tertiary alicyclic amines) is 2. The van der Waals surface area contributed by atoms with Gasteiger partial charge in [-0.1, -0.05) is 0 Å². The molecule has 0 bridgehead atoms. The van der Waals surface area contributed by atoms with Crippen LogP contribution in [-0.2, 0) is 4.74 Å². The summed E-state index contributed by atoms with van der Waals surface area (Å²) >= 11 is 0. The fraction of sp³-hybridized carbons (Fsp3) is 0.500. The molecule has 3 aromatic rings. The van der Waals surface area contributed by atoms with Gasteiger partial charge in [0.25, 0.3) is 11.8 Å². The number of hydrogen-bond donors (Lipinski definition) is 1. The Labute approximate surface area is 184 Å². The maximum atomic E-state index is 12.9. The Morgan fingerprint density at radius 1 is 0.969 bits per heavy atom. The van der Waals surface area contributed by atoms with Crippen LogP contribution in [0.3, 0.4) is 0 Å². The highest BCUT2D eigenvalue weighted by atomic mass is 16.5. The lowest BCUT2D eigenvalue weighted by molar-refractivity contribution is -0.0593. The first-order chi connectivity index (χ1) is 15.6. The number of carbonyl (C=O) groups is 2. The Kier molecular flexibility index (Phi) is 5.60. The lowest BCUT2D eigenvalue weighted by atomic mass is 10.0. The summed E-state index contributed by atoms with van der Waals surface area (Å²) in [4.78, 5) is 33.2. The van der Waals surface area contributed by atoms with E-state index in [1.807, 2.05) is 15.9 Å². The average molecular weight is 438 g/mol. The van der Waals surface area contributed by atoms with Gasteiger partial charge in [-0.25, -0.2) is 4.98 Å². The highest BCUT2D eigenvalue weighted by Gasteiger charge is 2.30. The first-order valence-corrected chi connectivity index (χ1v) is 11.0. The summed E-state index contributed by atoms with van der Waals surface area (Å²) in [5, 5.41) is 10.7. The van der Waals surface area contributed by atoms with Gasteiger partial charge in [0.2, 0.25) is 0 Å². The third-order valence-electron chi connectivity index (χ3n) is 6.35. The standard InChI is InChI=1S/C22H26N6O4/c1-14-20(23-13-31-14)22(30)28-10-6-17(7-11-28)32-16-4-8-27(9-5-16)21(29)15-2-3-18-19(12-15)25-26-24-18/h2-3,12-13,16-17H,4-11H2,1H3,(H,24,25,26). The van der Waals surface area contributed by atoms with Crippen LogP contribution in [0.2, 0.25) is 0 Å². The number of oxazole rings is 1. The van der Waals surface area contributed by atoms with E-state index in [4.69, 9.17) is 9.15 Å². The van der Waals surface area contributed by atoms with Crippen molar-refractivity contribution < 1.29 is 18.7 Å². The van der Waals surface area contributed by atoms with E-state index in [-0.39, 0.29) is 24.0 Å². The average Bonchev–Trinajstić information content (AvgIpc) is 3.47. The molecule has 2 fully saturated rings. The maximum absolute atomic E-state index is 12.9. The van der Waals surface area contributed by atoms with Crippen LogP contribution in [0.1, 0.15) is 52.3 Å². The van der Waals surface area contributed by atoms with Crippen molar-refractivity contribution in [1.29, 1.82) is 0 Å². The summed E-state index contributed by atoms with van der Waals surface area (Å²) < 4.78 is 11.5. The number of aromatic amines is 1. The Balaban J connectivity index is 1.09. The van der Waals surface area contributed by atoms with Gasteiger partial charge >= 0.3 is 0 Å². The van der Waals surface area contributed by atoms with Gasteiger partial charge in [0.05, 0.1) is 12.2 Å². The zero-order valence-corrected chi connectivity index (χ0v) is 18.0. The van der Waals surface area contributed by atoms with Crippen LogP contribution >= 0.6 is 0 Å². The monoisotopic (exact) mass is 438 g/mol. The maximum Gasteiger partial charge on any atom is 0.276 e. The summed E-state index contributed by atoms with van der Waals surface area (Å²) in [6.07, 6.45) is 4.83. The molecule has 2 aliphatic heterocycles. The summed E-state index contributed by atoms with van der Waals surface area (Å²) in [5.74, 6) is 0.490. The van der Waals surface area contributed by atoms with E-state index in [1.165, 1.54) is 6.39 Å². The minimum Gasteiger partial charge on any atom is -0.448 e. The predicted octanol–water partition coefficient (Wildman–Crippen LogP) is 2.18. The van der Waals surface area contributed by atoms with E-state index in [0.717, 1.165) is 31.2 Å². The predicted molar refractivity (Wildman–Crippen MR) is 114 cm³/mol. The van der Waals surface area contributed by atoms with Crippen molar-refractivity contribution in [1.82, 2.24) is 30.2 Å². The molecule has 2 aliphatic rings. The number of piperidine rings is 2. The fourth-order valence-electron chi connectivity index (χ4n) is 4.48. The van der Waals surface area contributed by atoms with Crippen molar-refractivity contribution in [2.45, 2.75) is 44.8 Å². The Morgan fingerprint density at radius 3 is 2.22 bits per heavy atom. The van der Waals surface area contributed by atoms with Crippen LogP contribution in [0.4, 0.5) is 0 Å². The van der Waals surface area contributed by atoms with Crippen molar-refractivity contribution >= 4 is 22.8 Å². The molecule has 0 unspecified atom stereocenters. The highest BCUT2D eigenvalue weighted by Crippen LogP contribution is 2.23. The SMILES string of the molecule is Cc1ocnc1C(=O)N1CCC(OC2CCN(C(=O)c3ccc4n[nH]nc4c3)CC2)CC1. The van der Waals surface area contributed by atoms with Crippen LogP contribution in [0.25, 0.3) is 11.0 Å². The van der Waals surface area contributed by atoms with E-state index in [9.17, 15) is 9.59 Å². The summed E-state index contributed by atoms with van der Waals surface area (Å²) in [5.41, 5.74) is 2.46. The van der Waals surface area contributed by atoms with Gasteiger partial charge in [-0.15, -0.1) is 0 Å². The van der Waals surface area contributed by atoms with Crippen LogP contribution in [0.15, 0.2) is 29.0 Å². The normalized spacial score (nSPS) is 18.4. The third-order valence-corrected chi connectivity index (χ3v) is 6.35. The van der Waals surface area contributed by atoms with Gasteiger partial charge in [0.15, 0.2) is 12.1 Å². The lowest BCUT2D eigenvalue weighted by Gasteiger charge is -2.37. The summed E-state index contributed by atoms with van der Waals surface area (Å²) in [6.45, 7) is 4.39. The Bertz CT molecular complexity index is 1110. The number of fused-ring (bicyclic) bond motifs is 1. The molecule has 32 heavy (non-hydrogen) atoms. The van der Waals surface area contributed by atoms with Gasteiger partial charge in [-0.3, -0.25) is 9.59 Å². The molecule has 0 radical (unpaired) electrons. The molecule has 5 rings (SSSR count). The molecule has 2 aromatic heterocycles. The van der Waals surface area contributed by atoms with E-state index in [0.29, 0.717) is 48.7 Å². The van der Waals surface area contributed by atoms with Crippen molar-refractivity contribution in [3.63, 3.8) is 0 Å². The first-order valence-electron chi connectivity index (χ1n) is 11.0. The van der Waals surface area contributed by atoms with E-state index in [2.05, 4.69) is 20.4 Å². The van der Waals surface area contributed by atoms with Gasteiger partial charge in [0.1, 0.15) is 16.8 Å². The fourth-order valence-corrected chi connectivity index (χ4v) is 4.48. The number of carbonyl (C=O) groups excluding carboxylic acids is 2. The molecule has 2 saturated heterocycles. The summed E-state index contributed by atoms with van der Waals surface area (Å²) in [6, 6.07) is 5.38. The minimum absolute atomic E-state index is 0.0170.